The molecule has 0 radical (unpaired) electrons. The standard InChI is InChI=1S/C14H21N5OS/c1-14(2,13(16)21)19-7-5-18(6-8-19)10-3-4-17-11(9-10)12(15)20/h3-4,9H,5-8H2,1-2H3,(H2,15,20)(H2,16,21). The van der Waals surface area contributed by atoms with Gasteiger partial charge < -0.3 is 16.4 Å². The van der Waals surface area contributed by atoms with E-state index in [9.17, 15) is 4.79 Å². The number of hydrogen-bond acceptors (Lipinski definition) is 5. The lowest BCUT2D eigenvalue weighted by atomic mass is 10.0. The Bertz CT molecular complexity index is 552. The summed E-state index contributed by atoms with van der Waals surface area (Å²) in [6.45, 7) is 7.49. The van der Waals surface area contributed by atoms with E-state index in [0.717, 1.165) is 31.9 Å². The van der Waals surface area contributed by atoms with E-state index in [0.29, 0.717) is 10.7 Å². The molecule has 1 saturated heterocycles. The Morgan fingerprint density at radius 2 is 1.90 bits per heavy atom. The first-order valence-corrected chi connectivity index (χ1v) is 7.29. The summed E-state index contributed by atoms with van der Waals surface area (Å²) in [7, 11) is 0. The van der Waals surface area contributed by atoms with E-state index in [-0.39, 0.29) is 5.54 Å². The molecule has 1 aromatic heterocycles. The largest absolute Gasteiger partial charge is 0.392 e. The molecule has 2 heterocycles. The summed E-state index contributed by atoms with van der Waals surface area (Å²) in [5, 5.41) is 0. The van der Waals surface area contributed by atoms with Crippen LogP contribution in [0.1, 0.15) is 24.3 Å². The molecule has 0 aromatic carbocycles. The third-order valence-electron chi connectivity index (χ3n) is 4.03. The molecule has 2 rings (SSSR count). The second-order valence-electron chi connectivity index (χ2n) is 5.66. The van der Waals surface area contributed by atoms with Crippen molar-refractivity contribution in [1.82, 2.24) is 9.88 Å². The SMILES string of the molecule is CC(C)(C(N)=S)N1CCN(c2ccnc(C(N)=O)c2)CC1. The van der Waals surface area contributed by atoms with Crippen LogP contribution in [0.3, 0.4) is 0 Å². The van der Waals surface area contributed by atoms with Crippen molar-refractivity contribution in [2.24, 2.45) is 11.5 Å². The zero-order valence-corrected chi connectivity index (χ0v) is 13.2. The minimum absolute atomic E-state index is 0.280. The number of primary amides is 1. The average molecular weight is 307 g/mol. The molecule has 1 aliphatic rings. The minimum Gasteiger partial charge on any atom is -0.392 e. The predicted molar refractivity (Wildman–Crippen MR) is 87.4 cm³/mol. The highest BCUT2D eigenvalue weighted by Gasteiger charge is 2.32. The van der Waals surface area contributed by atoms with Crippen LogP contribution in [-0.2, 0) is 0 Å². The third kappa shape index (κ3) is 3.30. The molecule has 4 N–H and O–H groups in total. The first-order chi connectivity index (χ1) is 9.82. The van der Waals surface area contributed by atoms with E-state index in [2.05, 4.69) is 14.8 Å². The number of amides is 1. The second kappa shape index (κ2) is 5.95. The van der Waals surface area contributed by atoms with Gasteiger partial charge in [0, 0.05) is 38.1 Å². The number of anilines is 1. The van der Waals surface area contributed by atoms with Gasteiger partial charge in [-0.3, -0.25) is 14.7 Å². The Morgan fingerprint density at radius 1 is 1.29 bits per heavy atom. The molecule has 7 heteroatoms. The fraction of sp³-hybridized carbons (Fsp3) is 0.500. The second-order valence-corrected chi connectivity index (χ2v) is 6.10. The highest BCUT2D eigenvalue weighted by atomic mass is 32.1. The fourth-order valence-electron chi connectivity index (χ4n) is 2.43. The predicted octanol–water partition coefficient (Wildman–Crippen LogP) is 0.367. The Balaban J connectivity index is 2.06. The van der Waals surface area contributed by atoms with E-state index in [1.165, 1.54) is 0 Å². The van der Waals surface area contributed by atoms with Crippen LogP contribution in [0.15, 0.2) is 18.3 Å². The van der Waals surface area contributed by atoms with E-state index in [4.69, 9.17) is 23.7 Å². The van der Waals surface area contributed by atoms with Gasteiger partial charge in [-0.25, -0.2) is 0 Å². The van der Waals surface area contributed by atoms with Crippen molar-refractivity contribution >= 4 is 28.8 Å². The van der Waals surface area contributed by atoms with Crippen molar-refractivity contribution in [2.75, 3.05) is 31.1 Å². The molecule has 0 atom stereocenters. The summed E-state index contributed by atoms with van der Waals surface area (Å²) in [6, 6.07) is 3.62. The molecule has 0 unspecified atom stereocenters. The van der Waals surface area contributed by atoms with Gasteiger partial charge in [-0.1, -0.05) is 12.2 Å². The maximum atomic E-state index is 11.2. The number of pyridine rings is 1. The lowest BCUT2D eigenvalue weighted by molar-refractivity contribution is 0.0995. The van der Waals surface area contributed by atoms with Crippen molar-refractivity contribution in [3.63, 3.8) is 0 Å². The molecule has 0 bridgehead atoms. The Kier molecular flexibility index (Phi) is 4.43. The highest BCUT2D eigenvalue weighted by molar-refractivity contribution is 7.80. The first kappa shape index (κ1) is 15.7. The van der Waals surface area contributed by atoms with Crippen LogP contribution in [0.5, 0.6) is 0 Å². The van der Waals surface area contributed by atoms with Gasteiger partial charge in [-0.2, -0.15) is 0 Å². The Morgan fingerprint density at radius 3 is 2.43 bits per heavy atom. The molecule has 21 heavy (non-hydrogen) atoms. The zero-order valence-electron chi connectivity index (χ0n) is 12.4. The summed E-state index contributed by atoms with van der Waals surface area (Å²) < 4.78 is 0. The summed E-state index contributed by atoms with van der Waals surface area (Å²) in [5.74, 6) is -0.509. The molecule has 0 spiro atoms. The van der Waals surface area contributed by atoms with Gasteiger partial charge in [0.1, 0.15) is 5.69 Å². The van der Waals surface area contributed by atoms with Gasteiger partial charge in [-0.15, -0.1) is 0 Å². The van der Waals surface area contributed by atoms with Crippen LogP contribution in [0, 0.1) is 0 Å². The molecule has 6 nitrogen and oxygen atoms in total. The van der Waals surface area contributed by atoms with Crippen LogP contribution in [0.4, 0.5) is 5.69 Å². The molecule has 1 aromatic rings. The third-order valence-corrected chi connectivity index (χ3v) is 4.53. The van der Waals surface area contributed by atoms with Crippen LogP contribution in [0.2, 0.25) is 0 Å². The Hall–Kier alpha value is -1.73. The summed E-state index contributed by atoms with van der Waals surface area (Å²) in [5.41, 5.74) is 12.1. The normalized spacial score (nSPS) is 16.8. The number of hydrogen-bond donors (Lipinski definition) is 2. The van der Waals surface area contributed by atoms with Gasteiger partial charge >= 0.3 is 0 Å². The summed E-state index contributed by atoms with van der Waals surface area (Å²) >= 11 is 5.14. The quantitative estimate of drug-likeness (QED) is 0.781. The van der Waals surface area contributed by atoms with Crippen molar-refractivity contribution in [3.8, 4) is 0 Å². The number of nitrogens with zero attached hydrogens (tertiary/aromatic N) is 3. The minimum atomic E-state index is -0.509. The number of carbonyl (C=O) groups excluding carboxylic acids is 1. The number of piperazine rings is 1. The first-order valence-electron chi connectivity index (χ1n) is 6.88. The molecule has 1 fully saturated rings. The van der Waals surface area contributed by atoms with Crippen LogP contribution in [0.25, 0.3) is 0 Å². The van der Waals surface area contributed by atoms with Gasteiger partial charge in [-0.05, 0) is 26.0 Å². The van der Waals surface area contributed by atoms with Crippen molar-refractivity contribution < 1.29 is 4.79 Å². The van der Waals surface area contributed by atoms with Gasteiger partial charge in [0.15, 0.2) is 0 Å². The maximum Gasteiger partial charge on any atom is 0.267 e. The fourth-order valence-corrected chi connectivity index (χ4v) is 2.56. The number of rotatable bonds is 4. The number of nitrogens with two attached hydrogens (primary N) is 2. The van der Waals surface area contributed by atoms with E-state index < -0.39 is 5.91 Å². The van der Waals surface area contributed by atoms with Crippen molar-refractivity contribution in [2.45, 2.75) is 19.4 Å². The molecule has 114 valence electrons. The number of aromatic nitrogens is 1. The smallest absolute Gasteiger partial charge is 0.267 e. The van der Waals surface area contributed by atoms with Gasteiger partial charge in [0.05, 0.1) is 10.5 Å². The van der Waals surface area contributed by atoms with Crippen LogP contribution >= 0.6 is 12.2 Å². The van der Waals surface area contributed by atoms with Crippen LogP contribution in [-0.4, -0.2) is 52.5 Å². The highest BCUT2D eigenvalue weighted by Crippen LogP contribution is 2.21. The zero-order chi connectivity index (χ0) is 15.6. The van der Waals surface area contributed by atoms with Crippen molar-refractivity contribution in [1.29, 1.82) is 0 Å². The van der Waals surface area contributed by atoms with Gasteiger partial charge in [0.25, 0.3) is 5.91 Å². The Labute approximate surface area is 130 Å². The molecule has 1 aliphatic heterocycles. The molecular weight excluding hydrogens is 286 g/mol. The van der Waals surface area contributed by atoms with E-state index >= 15 is 0 Å². The molecule has 0 aliphatic carbocycles. The van der Waals surface area contributed by atoms with Gasteiger partial charge in [0.2, 0.25) is 0 Å². The monoisotopic (exact) mass is 307 g/mol. The summed E-state index contributed by atoms with van der Waals surface area (Å²) in [6.07, 6.45) is 1.61. The van der Waals surface area contributed by atoms with E-state index in [1.807, 2.05) is 19.9 Å². The topological polar surface area (TPSA) is 88.5 Å². The average Bonchev–Trinajstić information content (AvgIpc) is 2.47. The molecule has 0 saturated carbocycles. The molecular formula is C14H21N5OS. The van der Waals surface area contributed by atoms with E-state index in [1.54, 1.807) is 12.3 Å². The van der Waals surface area contributed by atoms with Crippen molar-refractivity contribution in [3.05, 3.63) is 24.0 Å². The number of carbonyl (C=O) groups is 1. The lowest BCUT2D eigenvalue weighted by Crippen LogP contribution is -2.59. The number of thiocarbonyl (C=S) groups is 1. The maximum absolute atomic E-state index is 11.2. The molecule has 1 amide bonds. The lowest BCUT2D eigenvalue weighted by Gasteiger charge is -2.44. The summed E-state index contributed by atoms with van der Waals surface area (Å²) in [4.78, 5) is 20.2. The van der Waals surface area contributed by atoms with Crippen LogP contribution < -0.4 is 16.4 Å².